The largest absolute Gasteiger partial charge is 0.496 e. The van der Waals surface area contributed by atoms with Gasteiger partial charge >= 0.3 is 0 Å². The number of aryl methyl sites for hydroxylation is 1. The first-order valence-corrected chi connectivity index (χ1v) is 11.1. The number of benzene rings is 2. The number of anilines is 1. The summed E-state index contributed by atoms with van der Waals surface area (Å²) in [6.45, 7) is 4.08. The molecule has 0 aromatic heterocycles. The number of nitrogens with zero attached hydrogens (tertiary/aromatic N) is 2. The molecule has 2 aliphatic rings. The summed E-state index contributed by atoms with van der Waals surface area (Å²) in [7, 11) is 1.62. The highest BCUT2D eigenvalue weighted by atomic mass is 16.5. The Morgan fingerprint density at radius 3 is 2.77 bits per heavy atom. The first kappa shape index (κ1) is 21.8. The van der Waals surface area contributed by atoms with E-state index in [1.54, 1.807) is 14.0 Å². The van der Waals surface area contributed by atoms with Crippen LogP contribution in [0.2, 0.25) is 0 Å². The minimum Gasteiger partial charge on any atom is -0.496 e. The number of rotatable bonds is 5. The van der Waals surface area contributed by atoms with Crippen molar-refractivity contribution in [2.24, 2.45) is 0 Å². The van der Waals surface area contributed by atoms with Gasteiger partial charge in [-0.15, -0.1) is 0 Å². The first-order valence-electron chi connectivity index (χ1n) is 11.1. The number of likely N-dealkylation sites (tertiary alicyclic amines) is 1. The van der Waals surface area contributed by atoms with Crippen LogP contribution in [-0.4, -0.2) is 54.3 Å². The van der Waals surface area contributed by atoms with E-state index in [9.17, 15) is 15.0 Å². The SMILES string of the molecule is COc1ccccc1[C@]1(O)CCCN(C[C@@H](O)c2ccc3c(c2)CCCN3C(C)=O)C1. The van der Waals surface area contributed by atoms with E-state index in [-0.39, 0.29) is 5.91 Å². The summed E-state index contributed by atoms with van der Waals surface area (Å²) in [5.74, 6) is 0.746. The van der Waals surface area contributed by atoms with Crippen molar-refractivity contribution in [1.29, 1.82) is 0 Å². The minimum atomic E-state index is -0.998. The summed E-state index contributed by atoms with van der Waals surface area (Å²) < 4.78 is 5.47. The van der Waals surface area contributed by atoms with E-state index in [0.29, 0.717) is 25.3 Å². The molecule has 31 heavy (non-hydrogen) atoms. The number of β-amino-alcohol motifs (C(OH)–C–C–N with tert-alkyl or cyclic N) is 2. The zero-order chi connectivity index (χ0) is 22.0. The summed E-state index contributed by atoms with van der Waals surface area (Å²) >= 11 is 0. The van der Waals surface area contributed by atoms with Crippen LogP contribution in [0.15, 0.2) is 42.5 Å². The van der Waals surface area contributed by atoms with E-state index in [1.165, 1.54) is 0 Å². The lowest BCUT2D eigenvalue weighted by molar-refractivity contribution is -0.116. The van der Waals surface area contributed by atoms with Gasteiger partial charge in [0.2, 0.25) is 5.91 Å². The lowest BCUT2D eigenvalue weighted by Gasteiger charge is -2.40. The van der Waals surface area contributed by atoms with E-state index in [0.717, 1.165) is 54.7 Å². The van der Waals surface area contributed by atoms with Crippen LogP contribution in [0.25, 0.3) is 0 Å². The predicted molar refractivity (Wildman–Crippen MR) is 120 cm³/mol. The molecule has 0 unspecified atom stereocenters. The summed E-state index contributed by atoms with van der Waals surface area (Å²) in [6, 6.07) is 13.5. The number of hydrogen-bond donors (Lipinski definition) is 2. The standard InChI is InChI=1S/C25H32N2O4/c1-18(28)27-14-5-7-19-15-20(10-11-22(19)27)23(29)16-26-13-6-12-25(30,17-26)21-8-3-4-9-24(21)31-2/h3-4,8-11,15,23,29-30H,5-7,12-14,16-17H2,1-2H3/t23-,25+/m1/s1. The van der Waals surface area contributed by atoms with Crippen LogP contribution in [0.4, 0.5) is 5.69 Å². The number of hydrogen-bond acceptors (Lipinski definition) is 5. The van der Waals surface area contributed by atoms with E-state index in [4.69, 9.17) is 4.74 Å². The van der Waals surface area contributed by atoms with Gasteiger partial charge in [0, 0.05) is 37.8 Å². The van der Waals surface area contributed by atoms with Crippen molar-refractivity contribution in [2.45, 2.75) is 44.3 Å². The van der Waals surface area contributed by atoms with Gasteiger partial charge in [0.1, 0.15) is 11.4 Å². The number of aliphatic hydroxyl groups excluding tert-OH is 1. The quantitative estimate of drug-likeness (QED) is 0.772. The molecule has 6 heteroatoms. The Hall–Kier alpha value is -2.41. The number of para-hydroxylation sites is 1. The molecule has 0 saturated carbocycles. The van der Waals surface area contributed by atoms with Gasteiger partial charge in [0.05, 0.1) is 13.2 Å². The normalized spacial score (nSPS) is 22.6. The molecule has 2 N–H and O–H groups in total. The number of methoxy groups -OCH3 is 1. The molecule has 166 valence electrons. The Morgan fingerprint density at radius 2 is 2.00 bits per heavy atom. The number of aliphatic hydroxyl groups is 2. The number of piperidine rings is 1. The van der Waals surface area contributed by atoms with Gasteiger partial charge < -0.3 is 19.8 Å². The minimum absolute atomic E-state index is 0.0539. The lowest BCUT2D eigenvalue weighted by atomic mass is 9.85. The monoisotopic (exact) mass is 424 g/mol. The van der Waals surface area contributed by atoms with Crippen LogP contribution in [0.3, 0.4) is 0 Å². The Morgan fingerprint density at radius 1 is 1.19 bits per heavy atom. The first-order chi connectivity index (χ1) is 14.9. The molecule has 2 aromatic carbocycles. The summed E-state index contributed by atoms with van der Waals surface area (Å²) in [5.41, 5.74) is 2.73. The molecule has 0 bridgehead atoms. The van der Waals surface area contributed by atoms with Gasteiger partial charge in [-0.05, 0) is 55.5 Å². The number of carbonyl (C=O) groups is 1. The van der Waals surface area contributed by atoms with E-state index >= 15 is 0 Å². The highest BCUT2D eigenvalue weighted by Gasteiger charge is 2.37. The third-order valence-electron chi connectivity index (χ3n) is 6.58. The second-order valence-corrected chi connectivity index (χ2v) is 8.75. The molecule has 0 spiro atoms. The van der Waals surface area contributed by atoms with Crippen LogP contribution in [0, 0.1) is 0 Å². The number of ether oxygens (including phenoxy) is 1. The van der Waals surface area contributed by atoms with Crippen molar-refractivity contribution < 1.29 is 19.7 Å². The van der Waals surface area contributed by atoms with E-state index in [2.05, 4.69) is 4.90 Å². The highest BCUT2D eigenvalue weighted by Crippen LogP contribution is 2.37. The Balaban J connectivity index is 1.49. The molecular weight excluding hydrogens is 392 g/mol. The summed E-state index contributed by atoms with van der Waals surface area (Å²) in [4.78, 5) is 15.8. The van der Waals surface area contributed by atoms with Crippen molar-refractivity contribution in [3.63, 3.8) is 0 Å². The molecule has 2 heterocycles. The molecule has 0 radical (unpaired) electrons. The topological polar surface area (TPSA) is 73.2 Å². The molecule has 6 nitrogen and oxygen atoms in total. The molecule has 1 saturated heterocycles. The Labute approximate surface area is 184 Å². The predicted octanol–water partition coefficient (Wildman–Crippen LogP) is 3.01. The molecular formula is C25H32N2O4. The Bertz CT molecular complexity index is 947. The zero-order valence-electron chi connectivity index (χ0n) is 18.4. The van der Waals surface area contributed by atoms with Gasteiger partial charge in [0.25, 0.3) is 0 Å². The maximum absolute atomic E-state index is 11.9. The van der Waals surface area contributed by atoms with Gasteiger partial charge in [0.15, 0.2) is 0 Å². The van der Waals surface area contributed by atoms with Crippen LogP contribution in [-0.2, 0) is 16.8 Å². The van der Waals surface area contributed by atoms with Crippen molar-refractivity contribution in [3.8, 4) is 5.75 Å². The Kier molecular flexibility index (Phi) is 6.32. The average molecular weight is 425 g/mol. The molecule has 4 rings (SSSR count). The number of carbonyl (C=O) groups excluding carboxylic acids is 1. The lowest BCUT2D eigenvalue weighted by Crippen LogP contribution is -2.47. The van der Waals surface area contributed by atoms with Gasteiger partial charge in [-0.25, -0.2) is 0 Å². The third-order valence-corrected chi connectivity index (χ3v) is 6.58. The fraction of sp³-hybridized carbons (Fsp3) is 0.480. The van der Waals surface area contributed by atoms with Crippen LogP contribution < -0.4 is 9.64 Å². The molecule has 0 aliphatic carbocycles. The number of fused-ring (bicyclic) bond motifs is 1. The highest BCUT2D eigenvalue weighted by molar-refractivity contribution is 5.92. The maximum atomic E-state index is 11.9. The van der Waals surface area contributed by atoms with Crippen molar-refractivity contribution in [2.75, 3.05) is 38.2 Å². The van der Waals surface area contributed by atoms with Gasteiger partial charge in [-0.3, -0.25) is 9.69 Å². The zero-order valence-corrected chi connectivity index (χ0v) is 18.4. The number of amides is 1. The summed E-state index contributed by atoms with van der Waals surface area (Å²) in [6.07, 6.45) is 2.71. The second-order valence-electron chi connectivity index (χ2n) is 8.75. The molecule has 1 amide bonds. The molecule has 2 atom stereocenters. The average Bonchev–Trinajstić information content (AvgIpc) is 2.78. The van der Waals surface area contributed by atoms with Crippen LogP contribution in [0.5, 0.6) is 5.75 Å². The fourth-order valence-corrected chi connectivity index (χ4v) is 5.03. The molecule has 2 aromatic rings. The van der Waals surface area contributed by atoms with Crippen molar-refractivity contribution in [1.82, 2.24) is 4.90 Å². The van der Waals surface area contributed by atoms with Crippen molar-refractivity contribution in [3.05, 3.63) is 59.2 Å². The van der Waals surface area contributed by atoms with Gasteiger partial charge in [-0.2, -0.15) is 0 Å². The van der Waals surface area contributed by atoms with Crippen molar-refractivity contribution >= 4 is 11.6 Å². The van der Waals surface area contributed by atoms with Gasteiger partial charge in [-0.1, -0.05) is 30.3 Å². The summed E-state index contributed by atoms with van der Waals surface area (Å²) in [5, 5.41) is 22.4. The molecule has 2 aliphatic heterocycles. The fourth-order valence-electron chi connectivity index (χ4n) is 5.03. The van der Waals surface area contributed by atoms with E-state index in [1.807, 2.05) is 47.4 Å². The smallest absolute Gasteiger partial charge is 0.223 e. The van der Waals surface area contributed by atoms with Crippen LogP contribution >= 0.6 is 0 Å². The van der Waals surface area contributed by atoms with Crippen LogP contribution in [0.1, 0.15) is 49.0 Å². The third kappa shape index (κ3) is 4.47. The maximum Gasteiger partial charge on any atom is 0.223 e. The van der Waals surface area contributed by atoms with E-state index < -0.39 is 11.7 Å². The second kappa shape index (κ2) is 8.99. The molecule has 1 fully saturated rings.